The van der Waals surface area contributed by atoms with Crippen LogP contribution in [0.2, 0.25) is 0 Å². The molecule has 0 aliphatic carbocycles. The Morgan fingerprint density at radius 1 is 1.12 bits per heavy atom. The molecule has 0 spiro atoms. The second kappa shape index (κ2) is 6.16. The molecule has 0 bridgehead atoms. The van der Waals surface area contributed by atoms with Crippen LogP contribution in [0.25, 0.3) is 0 Å². The first kappa shape index (κ1) is 17.4. The van der Waals surface area contributed by atoms with Gasteiger partial charge in [0.25, 0.3) is 15.9 Å². The first-order chi connectivity index (χ1) is 12.2. The molecule has 0 radical (unpaired) electrons. The Hall–Kier alpha value is -3.38. The van der Waals surface area contributed by atoms with Crippen LogP contribution in [0, 0.1) is 11.3 Å². The SMILES string of the molecule is CC1(c2cccc(NS(=O)(=O)c3ccc(C#N)cc3)c2)NC(=O)NC1=O. The molecule has 3 amide bonds. The van der Waals surface area contributed by atoms with Crippen molar-refractivity contribution in [2.75, 3.05) is 4.72 Å². The van der Waals surface area contributed by atoms with Crippen LogP contribution in [-0.2, 0) is 20.4 Å². The molecule has 1 atom stereocenters. The lowest BCUT2D eigenvalue weighted by molar-refractivity contribution is -0.123. The van der Waals surface area contributed by atoms with Crippen molar-refractivity contribution in [2.24, 2.45) is 0 Å². The number of benzene rings is 2. The maximum Gasteiger partial charge on any atom is 0.322 e. The highest BCUT2D eigenvalue weighted by atomic mass is 32.2. The van der Waals surface area contributed by atoms with Gasteiger partial charge in [0.15, 0.2) is 0 Å². The molecule has 3 N–H and O–H groups in total. The monoisotopic (exact) mass is 370 g/mol. The van der Waals surface area contributed by atoms with Crippen molar-refractivity contribution in [1.29, 1.82) is 5.26 Å². The standard InChI is InChI=1S/C17H14N4O4S/c1-17(15(22)19-16(23)20-17)12-3-2-4-13(9-12)21-26(24,25)14-7-5-11(10-18)6-8-14/h2-9,21H,1H3,(H2,19,20,22,23). The fourth-order valence-electron chi connectivity index (χ4n) is 2.56. The zero-order valence-electron chi connectivity index (χ0n) is 13.6. The number of nitrogens with one attached hydrogen (secondary N) is 3. The maximum atomic E-state index is 12.5. The molecular formula is C17H14N4O4S. The summed E-state index contributed by atoms with van der Waals surface area (Å²) in [5, 5.41) is 13.5. The fraction of sp³-hybridized carbons (Fsp3) is 0.118. The highest BCUT2D eigenvalue weighted by molar-refractivity contribution is 7.92. The third-order valence-corrected chi connectivity index (χ3v) is 5.43. The molecule has 0 saturated carbocycles. The van der Waals surface area contributed by atoms with Crippen LogP contribution in [0.3, 0.4) is 0 Å². The second-order valence-electron chi connectivity index (χ2n) is 5.86. The van der Waals surface area contributed by atoms with E-state index in [1.54, 1.807) is 12.1 Å². The second-order valence-corrected chi connectivity index (χ2v) is 7.54. The first-order valence-corrected chi connectivity index (χ1v) is 9.00. The zero-order valence-corrected chi connectivity index (χ0v) is 14.4. The summed E-state index contributed by atoms with van der Waals surface area (Å²) in [4.78, 5) is 23.4. The minimum absolute atomic E-state index is 0.0000250. The Bertz CT molecular complexity index is 1040. The van der Waals surface area contributed by atoms with Crippen LogP contribution in [0.15, 0.2) is 53.4 Å². The molecule has 3 rings (SSSR count). The molecule has 132 valence electrons. The van der Waals surface area contributed by atoms with Gasteiger partial charge >= 0.3 is 6.03 Å². The van der Waals surface area contributed by atoms with Gasteiger partial charge in [0.05, 0.1) is 16.5 Å². The molecule has 2 aromatic carbocycles. The van der Waals surface area contributed by atoms with Gasteiger partial charge in [0, 0.05) is 5.69 Å². The van der Waals surface area contributed by atoms with Crippen LogP contribution in [0.5, 0.6) is 0 Å². The maximum absolute atomic E-state index is 12.5. The summed E-state index contributed by atoms with van der Waals surface area (Å²) < 4.78 is 27.4. The molecule has 1 aliphatic heterocycles. The lowest BCUT2D eigenvalue weighted by Gasteiger charge is -2.21. The number of hydrogen-bond acceptors (Lipinski definition) is 5. The van der Waals surface area contributed by atoms with Crippen molar-refractivity contribution in [3.8, 4) is 6.07 Å². The molecule has 8 nitrogen and oxygen atoms in total. The van der Waals surface area contributed by atoms with Gasteiger partial charge in [-0.05, 0) is 48.9 Å². The predicted octanol–water partition coefficient (Wildman–Crippen LogP) is 1.41. The van der Waals surface area contributed by atoms with Gasteiger partial charge in [-0.1, -0.05) is 12.1 Å². The Balaban J connectivity index is 1.90. The largest absolute Gasteiger partial charge is 0.322 e. The number of carbonyl (C=O) groups is 2. The van der Waals surface area contributed by atoms with Crippen molar-refractivity contribution in [2.45, 2.75) is 17.4 Å². The molecule has 26 heavy (non-hydrogen) atoms. The van der Waals surface area contributed by atoms with Crippen molar-refractivity contribution in [1.82, 2.24) is 10.6 Å². The summed E-state index contributed by atoms with van der Waals surface area (Å²) in [6, 6.07) is 13.0. The Morgan fingerprint density at radius 3 is 2.38 bits per heavy atom. The third-order valence-electron chi connectivity index (χ3n) is 4.03. The van der Waals surface area contributed by atoms with Crippen molar-refractivity contribution < 1.29 is 18.0 Å². The third kappa shape index (κ3) is 3.10. The predicted molar refractivity (Wildman–Crippen MR) is 92.4 cm³/mol. The fourth-order valence-corrected chi connectivity index (χ4v) is 3.61. The highest BCUT2D eigenvalue weighted by Crippen LogP contribution is 2.27. The average molecular weight is 370 g/mol. The van der Waals surface area contributed by atoms with E-state index >= 15 is 0 Å². The topological polar surface area (TPSA) is 128 Å². The Kier molecular flexibility index (Phi) is 4.13. The molecule has 1 fully saturated rings. The Labute approximate surface area is 149 Å². The van der Waals surface area contributed by atoms with E-state index in [4.69, 9.17) is 5.26 Å². The zero-order chi connectivity index (χ0) is 18.9. The van der Waals surface area contributed by atoms with Gasteiger partial charge in [-0.15, -0.1) is 0 Å². The van der Waals surface area contributed by atoms with E-state index in [0.29, 0.717) is 11.1 Å². The lowest BCUT2D eigenvalue weighted by Crippen LogP contribution is -2.40. The number of anilines is 1. The number of nitrogens with zero attached hydrogens (tertiary/aromatic N) is 1. The number of amides is 3. The number of urea groups is 1. The Morgan fingerprint density at radius 2 is 1.81 bits per heavy atom. The van der Waals surface area contributed by atoms with E-state index in [2.05, 4.69) is 15.4 Å². The molecule has 0 aromatic heterocycles. The lowest BCUT2D eigenvalue weighted by atomic mass is 9.92. The quantitative estimate of drug-likeness (QED) is 0.701. The summed E-state index contributed by atoms with van der Waals surface area (Å²) in [7, 11) is -3.87. The van der Waals surface area contributed by atoms with Crippen molar-refractivity contribution >= 4 is 27.6 Å². The van der Waals surface area contributed by atoms with Gasteiger partial charge < -0.3 is 5.32 Å². The number of rotatable bonds is 4. The normalized spacial score (nSPS) is 19.4. The van der Waals surface area contributed by atoms with E-state index in [9.17, 15) is 18.0 Å². The van der Waals surface area contributed by atoms with Gasteiger partial charge in [-0.25, -0.2) is 13.2 Å². The highest BCUT2D eigenvalue weighted by Gasteiger charge is 2.43. The van der Waals surface area contributed by atoms with Crippen LogP contribution in [-0.4, -0.2) is 20.4 Å². The van der Waals surface area contributed by atoms with Gasteiger partial charge in [0.2, 0.25) is 0 Å². The van der Waals surface area contributed by atoms with E-state index < -0.39 is 27.5 Å². The summed E-state index contributed by atoms with van der Waals surface area (Å²) in [5.74, 6) is -0.519. The molecule has 2 aromatic rings. The number of carbonyl (C=O) groups excluding carboxylic acids is 2. The number of hydrogen-bond donors (Lipinski definition) is 3. The van der Waals surface area contributed by atoms with E-state index in [-0.39, 0.29) is 10.6 Å². The van der Waals surface area contributed by atoms with Crippen molar-refractivity contribution in [3.63, 3.8) is 0 Å². The van der Waals surface area contributed by atoms with E-state index in [0.717, 1.165) is 0 Å². The average Bonchev–Trinajstić information content (AvgIpc) is 2.88. The van der Waals surface area contributed by atoms with Gasteiger partial charge in [-0.2, -0.15) is 5.26 Å². The number of nitriles is 1. The molecular weight excluding hydrogens is 356 g/mol. The molecule has 9 heteroatoms. The van der Waals surface area contributed by atoms with Crippen LogP contribution in [0.4, 0.5) is 10.5 Å². The summed E-state index contributed by atoms with van der Waals surface area (Å²) in [5.41, 5.74) is -0.266. The summed E-state index contributed by atoms with van der Waals surface area (Å²) in [6.07, 6.45) is 0. The van der Waals surface area contributed by atoms with Gasteiger partial charge in [-0.3, -0.25) is 14.8 Å². The number of imide groups is 1. The molecule has 1 heterocycles. The van der Waals surface area contributed by atoms with E-state index in [1.165, 1.54) is 43.3 Å². The molecule has 1 saturated heterocycles. The summed E-state index contributed by atoms with van der Waals surface area (Å²) in [6.45, 7) is 1.53. The number of sulfonamides is 1. The first-order valence-electron chi connectivity index (χ1n) is 7.52. The molecule has 1 aliphatic rings. The van der Waals surface area contributed by atoms with E-state index in [1.807, 2.05) is 6.07 Å². The van der Waals surface area contributed by atoms with Crippen LogP contribution < -0.4 is 15.4 Å². The van der Waals surface area contributed by atoms with Gasteiger partial charge in [0.1, 0.15) is 5.54 Å². The van der Waals surface area contributed by atoms with Crippen LogP contribution in [0.1, 0.15) is 18.1 Å². The van der Waals surface area contributed by atoms with Crippen LogP contribution >= 0.6 is 0 Å². The smallest absolute Gasteiger partial charge is 0.320 e. The summed E-state index contributed by atoms with van der Waals surface area (Å²) >= 11 is 0. The minimum Gasteiger partial charge on any atom is -0.320 e. The minimum atomic E-state index is -3.87. The molecule has 1 unspecified atom stereocenters. The van der Waals surface area contributed by atoms with Crippen molar-refractivity contribution in [3.05, 3.63) is 59.7 Å².